The zero-order valence-electron chi connectivity index (χ0n) is 19.9. The van der Waals surface area contributed by atoms with Crippen LogP contribution in [0.15, 0.2) is 30.9 Å². The van der Waals surface area contributed by atoms with E-state index in [1.54, 1.807) is 25.6 Å². The first-order valence-corrected chi connectivity index (χ1v) is 15.2. The monoisotopic (exact) mass is 467 g/mol. The van der Waals surface area contributed by atoms with E-state index in [0.29, 0.717) is 30.3 Å². The van der Waals surface area contributed by atoms with E-state index in [4.69, 9.17) is 9.72 Å². The molecule has 1 unspecified atom stereocenters. The summed E-state index contributed by atoms with van der Waals surface area (Å²) in [5.41, 5.74) is 2.86. The van der Waals surface area contributed by atoms with Crippen molar-refractivity contribution in [3.63, 3.8) is 0 Å². The normalized spacial score (nSPS) is 16.8. The van der Waals surface area contributed by atoms with E-state index in [1.807, 2.05) is 21.6 Å². The number of ether oxygens (including phenoxy) is 1. The van der Waals surface area contributed by atoms with Crippen LogP contribution in [0.4, 0.5) is 5.82 Å². The molecule has 3 aromatic heterocycles. The summed E-state index contributed by atoms with van der Waals surface area (Å²) in [4.78, 5) is 32.0. The van der Waals surface area contributed by atoms with Gasteiger partial charge in [-0.1, -0.05) is 19.6 Å². The lowest BCUT2D eigenvalue weighted by Gasteiger charge is -2.33. The number of aromatic nitrogens is 5. The SMILES string of the molecule is CC(=O)N1CCCC(Nc2ncccc2-c2cnc3c(ncn3COCC[Si](C)(C)C)n2)C1. The number of anilines is 1. The van der Waals surface area contributed by atoms with Gasteiger partial charge in [-0.05, 0) is 31.0 Å². The highest BCUT2D eigenvalue weighted by molar-refractivity contribution is 6.76. The van der Waals surface area contributed by atoms with Gasteiger partial charge in [0.15, 0.2) is 11.3 Å². The number of nitrogens with one attached hydrogen (secondary N) is 1. The Bertz CT molecular complexity index is 1110. The van der Waals surface area contributed by atoms with E-state index >= 15 is 0 Å². The van der Waals surface area contributed by atoms with Crippen LogP contribution < -0.4 is 5.32 Å². The average molecular weight is 468 g/mol. The standard InChI is InChI=1S/C23H33N7O2Si/c1-17(31)29-10-6-7-18(14-29)27-21-19(8-5-9-24-21)20-13-25-23-22(28-20)26-15-30(23)16-32-11-12-33(2,3)4/h5,8-9,13,15,18H,6-7,10-12,14,16H2,1-4H3,(H,24,27). The van der Waals surface area contributed by atoms with Crippen LogP contribution in [0, 0.1) is 0 Å². The highest BCUT2D eigenvalue weighted by atomic mass is 28.3. The number of likely N-dealkylation sites (tertiary alicyclic amines) is 1. The number of nitrogens with zero attached hydrogens (tertiary/aromatic N) is 6. The average Bonchev–Trinajstić information content (AvgIpc) is 3.19. The summed E-state index contributed by atoms with van der Waals surface area (Å²) < 4.78 is 7.73. The van der Waals surface area contributed by atoms with E-state index in [2.05, 4.69) is 39.9 Å². The first-order valence-electron chi connectivity index (χ1n) is 11.5. The molecule has 0 aromatic carbocycles. The number of rotatable bonds is 8. The number of imidazole rings is 1. The molecule has 0 bridgehead atoms. The zero-order chi connectivity index (χ0) is 23.4. The third kappa shape index (κ3) is 5.94. The lowest BCUT2D eigenvalue weighted by molar-refractivity contribution is -0.129. The Labute approximate surface area is 195 Å². The number of carbonyl (C=O) groups excluding carboxylic acids is 1. The van der Waals surface area contributed by atoms with Gasteiger partial charge in [0.05, 0.1) is 11.9 Å². The Kier molecular flexibility index (Phi) is 7.04. The van der Waals surface area contributed by atoms with Gasteiger partial charge >= 0.3 is 0 Å². The molecular weight excluding hydrogens is 434 g/mol. The molecule has 4 rings (SSSR count). The summed E-state index contributed by atoms with van der Waals surface area (Å²) in [7, 11) is -1.12. The lowest BCUT2D eigenvalue weighted by Crippen LogP contribution is -2.44. The molecule has 1 aliphatic rings. The van der Waals surface area contributed by atoms with Crippen molar-refractivity contribution in [1.29, 1.82) is 0 Å². The largest absolute Gasteiger partial charge is 0.365 e. The Hall–Kier alpha value is -2.85. The molecule has 176 valence electrons. The van der Waals surface area contributed by atoms with Gasteiger partial charge in [-0.3, -0.25) is 9.36 Å². The van der Waals surface area contributed by atoms with E-state index < -0.39 is 8.07 Å². The number of hydrogen-bond donors (Lipinski definition) is 1. The van der Waals surface area contributed by atoms with Crippen molar-refractivity contribution in [2.75, 3.05) is 25.0 Å². The number of piperidine rings is 1. The van der Waals surface area contributed by atoms with Crippen LogP contribution in [0.3, 0.4) is 0 Å². The summed E-state index contributed by atoms with van der Waals surface area (Å²) in [6.07, 6.45) is 7.21. The van der Waals surface area contributed by atoms with Gasteiger partial charge in [0.1, 0.15) is 18.9 Å². The van der Waals surface area contributed by atoms with E-state index in [0.717, 1.165) is 43.4 Å². The molecule has 4 heterocycles. The Morgan fingerprint density at radius 3 is 2.91 bits per heavy atom. The molecule has 3 aromatic rings. The molecule has 0 spiro atoms. The molecule has 9 nitrogen and oxygen atoms in total. The van der Waals surface area contributed by atoms with Crippen molar-refractivity contribution in [3.05, 3.63) is 30.9 Å². The summed E-state index contributed by atoms with van der Waals surface area (Å²) in [5, 5.41) is 3.52. The predicted octanol–water partition coefficient (Wildman–Crippen LogP) is 3.62. The second-order valence-corrected chi connectivity index (χ2v) is 15.4. The third-order valence-electron chi connectivity index (χ3n) is 5.84. The van der Waals surface area contributed by atoms with Crippen LogP contribution in [0.2, 0.25) is 25.7 Å². The van der Waals surface area contributed by atoms with Gasteiger partial charge in [-0.2, -0.15) is 0 Å². The fraction of sp³-hybridized carbons (Fsp3) is 0.522. The molecular formula is C23H33N7O2Si. The highest BCUT2D eigenvalue weighted by Crippen LogP contribution is 2.27. The van der Waals surface area contributed by atoms with Crippen LogP contribution in [-0.2, 0) is 16.3 Å². The molecule has 1 aliphatic heterocycles. The molecule has 1 N–H and O–H groups in total. The van der Waals surface area contributed by atoms with Crippen molar-refractivity contribution in [2.24, 2.45) is 0 Å². The quantitative estimate of drug-likeness (QED) is 0.399. The van der Waals surface area contributed by atoms with Crippen molar-refractivity contribution in [3.8, 4) is 11.3 Å². The fourth-order valence-corrected chi connectivity index (χ4v) is 4.66. The topological polar surface area (TPSA) is 98.1 Å². The summed E-state index contributed by atoms with van der Waals surface area (Å²) in [6.45, 7) is 11.3. The third-order valence-corrected chi connectivity index (χ3v) is 7.55. The number of fused-ring (bicyclic) bond motifs is 1. The van der Waals surface area contributed by atoms with Crippen LogP contribution in [0.5, 0.6) is 0 Å². The maximum Gasteiger partial charge on any atom is 0.219 e. The van der Waals surface area contributed by atoms with E-state index in [1.165, 1.54) is 0 Å². The van der Waals surface area contributed by atoms with Gasteiger partial charge in [-0.25, -0.2) is 19.9 Å². The van der Waals surface area contributed by atoms with Crippen molar-refractivity contribution in [2.45, 2.75) is 58.2 Å². The Balaban J connectivity index is 1.49. The smallest absolute Gasteiger partial charge is 0.219 e. The lowest BCUT2D eigenvalue weighted by atomic mass is 10.0. The van der Waals surface area contributed by atoms with Gasteiger partial charge in [0.25, 0.3) is 0 Å². The Morgan fingerprint density at radius 1 is 1.27 bits per heavy atom. The van der Waals surface area contributed by atoms with Crippen molar-refractivity contribution < 1.29 is 9.53 Å². The van der Waals surface area contributed by atoms with Crippen molar-refractivity contribution in [1.82, 2.24) is 29.4 Å². The number of pyridine rings is 1. The second-order valence-electron chi connectivity index (χ2n) is 9.81. The molecule has 0 saturated carbocycles. The van der Waals surface area contributed by atoms with Crippen LogP contribution in [0.1, 0.15) is 19.8 Å². The molecule has 0 radical (unpaired) electrons. The summed E-state index contributed by atoms with van der Waals surface area (Å²) in [6, 6.07) is 5.14. The molecule has 1 saturated heterocycles. The minimum absolute atomic E-state index is 0.110. The Morgan fingerprint density at radius 2 is 2.12 bits per heavy atom. The van der Waals surface area contributed by atoms with Crippen LogP contribution in [0.25, 0.3) is 22.6 Å². The molecule has 0 aliphatic carbocycles. The summed E-state index contributed by atoms with van der Waals surface area (Å²) >= 11 is 0. The number of amides is 1. The second kappa shape index (κ2) is 9.96. The zero-order valence-corrected chi connectivity index (χ0v) is 20.9. The van der Waals surface area contributed by atoms with Gasteiger partial charge < -0.3 is 15.0 Å². The minimum atomic E-state index is -1.12. The van der Waals surface area contributed by atoms with Gasteiger partial charge in [0.2, 0.25) is 5.91 Å². The maximum absolute atomic E-state index is 11.8. The predicted molar refractivity (Wildman–Crippen MR) is 132 cm³/mol. The number of hydrogen-bond acceptors (Lipinski definition) is 7. The van der Waals surface area contributed by atoms with Crippen LogP contribution >= 0.6 is 0 Å². The summed E-state index contributed by atoms with van der Waals surface area (Å²) in [5.74, 6) is 0.856. The fourth-order valence-electron chi connectivity index (χ4n) is 3.91. The first-order chi connectivity index (χ1) is 15.8. The van der Waals surface area contributed by atoms with Crippen molar-refractivity contribution >= 4 is 31.1 Å². The van der Waals surface area contributed by atoms with E-state index in [9.17, 15) is 4.79 Å². The van der Waals surface area contributed by atoms with E-state index in [-0.39, 0.29) is 11.9 Å². The number of carbonyl (C=O) groups is 1. The molecule has 10 heteroatoms. The van der Waals surface area contributed by atoms with Gasteiger partial charge in [-0.15, -0.1) is 0 Å². The molecule has 33 heavy (non-hydrogen) atoms. The highest BCUT2D eigenvalue weighted by Gasteiger charge is 2.23. The molecule has 1 amide bonds. The molecule has 1 atom stereocenters. The molecule has 1 fully saturated rings. The van der Waals surface area contributed by atoms with Gasteiger partial charge in [0, 0.05) is 52.5 Å². The van der Waals surface area contributed by atoms with Crippen LogP contribution in [-0.4, -0.2) is 69.1 Å². The first kappa shape index (κ1) is 23.3. The maximum atomic E-state index is 11.8. The minimum Gasteiger partial charge on any atom is -0.365 e.